The van der Waals surface area contributed by atoms with E-state index in [-0.39, 0.29) is 24.0 Å². The van der Waals surface area contributed by atoms with Gasteiger partial charge in [-0.15, -0.1) is 0 Å². The zero-order chi connectivity index (χ0) is 33.9. The smallest absolute Gasteiger partial charge is 0.416 e. The fraction of sp³-hybridized carbons (Fsp3) is 0.424. The number of hydrogen-bond acceptors (Lipinski definition) is 7. The van der Waals surface area contributed by atoms with Crippen molar-refractivity contribution in [2.45, 2.75) is 57.1 Å². The van der Waals surface area contributed by atoms with Crippen LogP contribution < -0.4 is 20.3 Å². The van der Waals surface area contributed by atoms with Crippen LogP contribution in [0.5, 0.6) is 0 Å². The fourth-order valence-corrected chi connectivity index (χ4v) is 5.18. The first kappa shape index (κ1) is 36.3. The second kappa shape index (κ2) is 17.0. The van der Waals surface area contributed by atoms with Crippen LogP contribution in [0.2, 0.25) is 0 Å². The number of allylic oxidation sites excluding steroid dienone is 3. The Labute approximate surface area is 271 Å². The third-order valence-corrected chi connectivity index (χ3v) is 8.57. The molecule has 1 aliphatic rings. The van der Waals surface area contributed by atoms with Gasteiger partial charge in [-0.05, 0) is 81.5 Å². The molecule has 3 rings (SSSR count). The van der Waals surface area contributed by atoms with E-state index < -0.39 is 34.7 Å². The molecule has 1 heterocycles. The molecule has 2 aromatic rings. The number of amides is 1. The number of ether oxygens (including phenoxy) is 1. The molecular weight excluding hydrogens is 617 g/mol. The topological polar surface area (TPSA) is 119 Å². The Morgan fingerprint density at radius 1 is 1.28 bits per heavy atom. The van der Waals surface area contributed by atoms with E-state index in [4.69, 9.17) is 10.00 Å². The molecule has 1 aliphatic carbocycles. The van der Waals surface area contributed by atoms with Gasteiger partial charge in [-0.2, -0.15) is 18.4 Å². The number of hydrogen-bond donors (Lipinski definition) is 3. The van der Waals surface area contributed by atoms with Crippen LogP contribution in [-0.2, 0) is 28.4 Å². The van der Waals surface area contributed by atoms with Crippen LogP contribution in [0.25, 0.3) is 0 Å². The summed E-state index contributed by atoms with van der Waals surface area (Å²) >= 11 is 0. The van der Waals surface area contributed by atoms with Crippen LogP contribution in [0.1, 0.15) is 54.6 Å². The van der Waals surface area contributed by atoms with E-state index in [1.165, 1.54) is 22.5 Å². The predicted molar refractivity (Wildman–Crippen MR) is 175 cm³/mol. The molecule has 9 nitrogen and oxygen atoms in total. The largest absolute Gasteiger partial charge is 0.491 e. The van der Waals surface area contributed by atoms with Crippen molar-refractivity contribution in [3.63, 3.8) is 0 Å². The number of alkyl halides is 3. The number of nitrogens with zero attached hydrogens (tertiary/aromatic N) is 3. The van der Waals surface area contributed by atoms with Gasteiger partial charge in [0.15, 0.2) is 0 Å². The van der Waals surface area contributed by atoms with Gasteiger partial charge in [0, 0.05) is 36.5 Å². The zero-order valence-electron chi connectivity index (χ0n) is 26.3. The maximum absolute atomic E-state index is 13.6. The minimum absolute atomic E-state index is 0.00946. The molecule has 1 unspecified atom stereocenters. The number of nitrogens with one attached hydrogen (secondary N) is 3. The first-order valence-electron chi connectivity index (χ1n) is 14.9. The summed E-state index contributed by atoms with van der Waals surface area (Å²) in [5, 5.41) is 18.3. The normalized spacial score (nSPS) is 14.6. The molecule has 13 heteroatoms. The molecule has 2 atom stereocenters. The molecule has 0 radical (unpaired) electrons. The van der Waals surface area contributed by atoms with Crippen LogP contribution in [-0.4, -0.2) is 53.1 Å². The molecule has 1 amide bonds. The monoisotopic (exact) mass is 658 g/mol. The van der Waals surface area contributed by atoms with Gasteiger partial charge in [-0.1, -0.05) is 31.4 Å². The van der Waals surface area contributed by atoms with Crippen molar-refractivity contribution in [2.75, 3.05) is 36.4 Å². The van der Waals surface area contributed by atoms with Crippen molar-refractivity contribution in [3.8, 4) is 6.07 Å². The summed E-state index contributed by atoms with van der Waals surface area (Å²) < 4.78 is 59.6. The van der Waals surface area contributed by atoms with Gasteiger partial charge >= 0.3 is 6.18 Å². The number of carbonyl (C=O) groups is 1. The predicted octanol–water partition coefficient (Wildman–Crippen LogP) is 5.88. The lowest BCUT2D eigenvalue weighted by atomic mass is 10.1. The minimum atomic E-state index is -4.44. The van der Waals surface area contributed by atoms with Gasteiger partial charge in [0.05, 0.1) is 17.7 Å². The first-order chi connectivity index (χ1) is 21.8. The Morgan fingerprint density at radius 3 is 2.65 bits per heavy atom. The van der Waals surface area contributed by atoms with Gasteiger partial charge in [0.25, 0.3) is 5.91 Å². The van der Waals surface area contributed by atoms with Gasteiger partial charge in [-0.25, -0.2) is 9.19 Å². The van der Waals surface area contributed by atoms with Crippen molar-refractivity contribution in [1.82, 2.24) is 15.6 Å². The summed E-state index contributed by atoms with van der Waals surface area (Å²) in [6.45, 7) is 12.2. The molecule has 1 fully saturated rings. The number of aromatic nitrogens is 1. The highest BCUT2D eigenvalue weighted by molar-refractivity contribution is 7.87. The Hall–Kier alpha value is -4.15. The molecule has 1 aromatic carbocycles. The second-order valence-corrected chi connectivity index (χ2v) is 13.3. The highest BCUT2D eigenvalue weighted by Crippen LogP contribution is 2.30. The minimum Gasteiger partial charge on any atom is -0.491 e. The number of halogens is 3. The highest BCUT2D eigenvalue weighted by atomic mass is 32.2. The molecule has 1 aromatic heterocycles. The molecule has 248 valence electrons. The average Bonchev–Trinajstić information content (AvgIpc) is 3.87. The van der Waals surface area contributed by atoms with E-state index in [9.17, 15) is 22.2 Å². The van der Waals surface area contributed by atoms with Crippen molar-refractivity contribution < 1.29 is 26.9 Å². The molecular formula is C33H41F3N6O3S. The fourth-order valence-electron chi connectivity index (χ4n) is 4.27. The number of carbonyl (C=O) groups excluding carboxylic acids is 1. The van der Waals surface area contributed by atoms with E-state index >= 15 is 0 Å². The Morgan fingerprint density at radius 2 is 2.02 bits per heavy atom. The van der Waals surface area contributed by atoms with Gasteiger partial charge < -0.3 is 20.7 Å². The summed E-state index contributed by atoms with van der Waals surface area (Å²) in [7, 11) is 0.286. The lowest BCUT2D eigenvalue weighted by Gasteiger charge is -2.23. The molecule has 0 bridgehead atoms. The van der Waals surface area contributed by atoms with Crippen molar-refractivity contribution in [2.24, 2.45) is 5.92 Å². The molecule has 46 heavy (non-hydrogen) atoms. The second-order valence-electron chi connectivity index (χ2n) is 11.3. The Kier molecular flexibility index (Phi) is 13.4. The van der Waals surface area contributed by atoms with Gasteiger partial charge in [0.2, 0.25) is 0 Å². The first-order valence-corrected chi connectivity index (χ1v) is 16.1. The molecule has 0 saturated heterocycles. The summed E-state index contributed by atoms with van der Waals surface area (Å²) in [4.78, 5) is 18.2. The molecule has 3 N–H and O–H groups in total. The maximum Gasteiger partial charge on any atom is 0.416 e. The quantitative estimate of drug-likeness (QED) is 0.0793. The summed E-state index contributed by atoms with van der Waals surface area (Å²) in [5.41, 5.74) is 0.211. The van der Waals surface area contributed by atoms with Crippen LogP contribution in [0, 0.1) is 17.2 Å². The van der Waals surface area contributed by atoms with Crippen LogP contribution in [0.3, 0.4) is 0 Å². The third kappa shape index (κ3) is 11.7. The molecule has 0 spiro atoms. The Balaban J connectivity index is 1.77. The molecule has 0 aliphatic heterocycles. The van der Waals surface area contributed by atoms with Crippen LogP contribution >= 0.6 is 0 Å². The number of nitriles is 1. The average molecular weight is 659 g/mol. The van der Waals surface area contributed by atoms with E-state index in [0.717, 1.165) is 25.0 Å². The van der Waals surface area contributed by atoms with Crippen LogP contribution in [0.15, 0.2) is 73.0 Å². The Bertz CT molecular complexity index is 1480. The third-order valence-electron chi connectivity index (χ3n) is 7.04. The number of anilines is 2. The highest BCUT2D eigenvalue weighted by Gasteiger charge is 2.30. The summed E-state index contributed by atoms with van der Waals surface area (Å²) in [5.74, 6) is 1.29. The van der Waals surface area contributed by atoms with Gasteiger partial charge in [0.1, 0.15) is 35.0 Å². The summed E-state index contributed by atoms with van der Waals surface area (Å²) in [6, 6.07) is 9.66. The number of rotatable bonds is 18. The molecule has 1 saturated carbocycles. The van der Waals surface area contributed by atoms with E-state index in [2.05, 4.69) is 34.1 Å². The number of pyridine rings is 1. The van der Waals surface area contributed by atoms with E-state index in [0.29, 0.717) is 54.0 Å². The SMILES string of the molecule is C=C/C(=C\C(=C)C#N)OC[C@@H](CCNCc1cccc(C(F)(F)F)c1)NC(=O)c1cc(NCC2CC2)nc(N(C)S(=O)C(C)C)c1. The van der Waals surface area contributed by atoms with Crippen LogP contribution in [0.4, 0.5) is 24.8 Å². The van der Waals surface area contributed by atoms with Crippen molar-refractivity contribution in [3.05, 3.63) is 89.7 Å². The zero-order valence-corrected chi connectivity index (χ0v) is 27.1. The van der Waals surface area contributed by atoms with Crippen molar-refractivity contribution >= 4 is 28.5 Å². The lowest BCUT2D eigenvalue weighted by Crippen LogP contribution is -2.40. The van der Waals surface area contributed by atoms with Gasteiger partial charge in [-0.3, -0.25) is 9.10 Å². The standard InChI is InChI=1S/C33H41F3N6O3S/c1-6-29(14-23(4)18-37)45-21-28(12-13-38-19-25-8-7-9-27(15-25)33(34,35)36)40-32(43)26-16-30(39-20-24-10-11-24)41-31(17-26)42(5)46(44)22(2)3/h6-9,14-17,22,24,28,38H,1,4,10-13,19-21H2,2-3,5H3,(H,39,41)(H,40,43)/b29-14+/t28-,46?/m1/s1. The number of benzene rings is 1. The van der Waals surface area contributed by atoms with E-state index in [1.807, 2.05) is 19.9 Å². The lowest BCUT2D eigenvalue weighted by molar-refractivity contribution is -0.137. The van der Waals surface area contributed by atoms with Crippen molar-refractivity contribution in [1.29, 1.82) is 5.26 Å². The maximum atomic E-state index is 13.6. The summed E-state index contributed by atoms with van der Waals surface area (Å²) in [6.07, 6.45) is 1.03. The van der Waals surface area contributed by atoms with E-state index in [1.54, 1.807) is 25.2 Å².